The molecule has 7 nitrogen and oxygen atoms in total. The van der Waals surface area contributed by atoms with Crippen molar-refractivity contribution in [2.45, 2.75) is 0 Å². The van der Waals surface area contributed by atoms with Crippen molar-refractivity contribution >= 4 is 30.3 Å². The summed E-state index contributed by atoms with van der Waals surface area (Å²) in [6.07, 6.45) is 3.19. The number of ketones is 1. The van der Waals surface area contributed by atoms with Gasteiger partial charge in [0.05, 0.1) is 25.3 Å². The molecule has 0 unspecified atom stereocenters. The molecule has 2 rings (SSSR count). The lowest BCUT2D eigenvalue weighted by molar-refractivity contribution is 0.0591. The summed E-state index contributed by atoms with van der Waals surface area (Å²) in [5, 5.41) is 0. The first kappa shape index (κ1) is 18.7. The molecule has 0 saturated carbocycles. The Bertz CT molecular complexity index is 839. The quantitative estimate of drug-likeness (QED) is 0.572. The van der Waals surface area contributed by atoms with E-state index in [1.54, 1.807) is 12.6 Å². The number of esters is 2. The molecule has 0 aliphatic heterocycles. The molecule has 2 radical (unpaired) electrons. The molecule has 0 atom stereocenters. The second kappa shape index (κ2) is 7.98. The minimum Gasteiger partial charge on any atom is -0.465 e. The summed E-state index contributed by atoms with van der Waals surface area (Å²) in [5.41, 5.74) is -0.144. The van der Waals surface area contributed by atoms with Crippen molar-refractivity contribution in [2.24, 2.45) is 0 Å². The molecule has 0 fully saturated rings. The molecule has 0 aliphatic rings. The monoisotopic (exact) mass is 352 g/mol. The van der Waals surface area contributed by atoms with Gasteiger partial charge in [-0.3, -0.25) is 14.4 Å². The van der Waals surface area contributed by atoms with Crippen LogP contribution in [0.1, 0.15) is 47.8 Å². The van der Waals surface area contributed by atoms with Crippen LogP contribution in [0.25, 0.3) is 0 Å². The molecule has 0 bridgehead atoms. The largest absolute Gasteiger partial charge is 0.465 e. The van der Waals surface area contributed by atoms with Crippen LogP contribution in [0.4, 0.5) is 0 Å². The maximum absolute atomic E-state index is 12.7. The Morgan fingerprint density at radius 2 is 1.12 bits per heavy atom. The van der Waals surface area contributed by atoms with Gasteiger partial charge in [0.15, 0.2) is 5.78 Å². The fourth-order valence-corrected chi connectivity index (χ4v) is 2.27. The Hall–Kier alpha value is -3.61. The number of rotatable bonds is 6. The van der Waals surface area contributed by atoms with E-state index in [1.165, 1.54) is 36.4 Å². The molecule has 0 aromatic heterocycles. The first-order valence-corrected chi connectivity index (χ1v) is 7.22. The summed E-state index contributed by atoms with van der Waals surface area (Å²) < 4.78 is 9.16. The van der Waals surface area contributed by atoms with E-state index in [4.69, 9.17) is 0 Å². The van der Waals surface area contributed by atoms with Crippen molar-refractivity contribution in [3.05, 3.63) is 69.8 Å². The molecule has 0 saturated heterocycles. The van der Waals surface area contributed by atoms with Crippen LogP contribution in [0.15, 0.2) is 36.4 Å². The molecular weight excluding hydrogens is 340 g/mol. The van der Waals surface area contributed by atoms with Crippen LogP contribution in [-0.4, -0.2) is 44.5 Å². The van der Waals surface area contributed by atoms with E-state index < -0.39 is 17.7 Å². The topological polar surface area (TPSA) is 104 Å². The highest BCUT2D eigenvalue weighted by atomic mass is 16.5. The van der Waals surface area contributed by atoms with Crippen molar-refractivity contribution in [3.8, 4) is 0 Å². The Kier molecular flexibility index (Phi) is 5.74. The molecular formula is C19H12O7. The molecule has 2 aromatic rings. The van der Waals surface area contributed by atoms with Crippen LogP contribution in [-0.2, 0) is 19.1 Å². The lowest BCUT2D eigenvalue weighted by Gasteiger charge is -2.08. The molecule has 7 heteroatoms. The van der Waals surface area contributed by atoms with Crippen molar-refractivity contribution in [2.75, 3.05) is 14.2 Å². The number of methoxy groups -OCH3 is 2. The van der Waals surface area contributed by atoms with Crippen molar-refractivity contribution in [1.82, 2.24) is 0 Å². The van der Waals surface area contributed by atoms with Gasteiger partial charge in [-0.25, -0.2) is 9.59 Å². The van der Waals surface area contributed by atoms with Crippen molar-refractivity contribution in [3.63, 3.8) is 0 Å². The fourth-order valence-electron chi connectivity index (χ4n) is 2.27. The predicted molar refractivity (Wildman–Crippen MR) is 88.6 cm³/mol. The average Bonchev–Trinajstić information content (AvgIpc) is 2.70. The summed E-state index contributed by atoms with van der Waals surface area (Å²) in [7, 11) is 2.28. The molecule has 2 aromatic carbocycles. The van der Waals surface area contributed by atoms with Crippen LogP contribution < -0.4 is 0 Å². The van der Waals surface area contributed by atoms with Crippen LogP contribution in [0.2, 0.25) is 0 Å². The third-order valence-corrected chi connectivity index (χ3v) is 3.59. The maximum atomic E-state index is 12.7. The van der Waals surface area contributed by atoms with Gasteiger partial charge in [-0.15, -0.1) is 0 Å². The molecule has 0 aliphatic carbocycles. The Morgan fingerprint density at radius 1 is 0.731 bits per heavy atom. The molecule has 0 amide bonds. The summed E-state index contributed by atoms with van der Waals surface area (Å²) in [5.74, 6) is -2.12. The number of ether oxygens (including phenoxy) is 2. The average molecular weight is 352 g/mol. The number of hydrogen-bond acceptors (Lipinski definition) is 7. The fraction of sp³-hybridized carbons (Fsp3) is 0.105. The van der Waals surface area contributed by atoms with E-state index in [2.05, 4.69) is 9.47 Å². The first-order chi connectivity index (χ1) is 12.5. The highest BCUT2D eigenvalue weighted by molar-refractivity contribution is 6.12. The summed E-state index contributed by atoms with van der Waals surface area (Å²) in [6.45, 7) is 0. The summed E-state index contributed by atoms with van der Waals surface area (Å²) in [6, 6.07) is 7.61. The van der Waals surface area contributed by atoms with Gasteiger partial charge in [-0.1, -0.05) is 12.1 Å². The van der Waals surface area contributed by atoms with Crippen molar-refractivity contribution in [1.29, 1.82) is 0 Å². The highest BCUT2D eigenvalue weighted by Gasteiger charge is 2.19. The number of benzene rings is 2. The van der Waals surface area contributed by atoms with Gasteiger partial charge in [0.1, 0.15) is 0 Å². The molecule has 0 spiro atoms. The third kappa shape index (κ3) is 3.56. The summed E-state index contributed by atoms with van der Waals surface area (Å²) in [4.78, 5) is 58.0. The van der Waals surface area contributed by atoms with Crippen LogP contribution in [0.5, 0.6) is 0 Å². The SMILES string of the molecule is COC(=O)c1cc(C(=O)c2ccc([C]=O)c(C(=O)OC)c2)ccc1[C]=O. The predicted octanol–water partition coefficient (Wildman–Crippen LogP) is 1.41. The molecule has 26 heavy (non-hydrogen) atoms. The second-order valence-corrected chi connectivity index (χ2v) is 5.04. The third-order valence-electron chi connectivity index (χ3n) is 3.59. The van der Waals surface area contributed by atoms with E-state index >= 15 is 0 Å². The minimum atomic E-state index is -0.792. The molecule has 0 N–H and O–H groups in total. The lowest BCUT2D eigenvalue weighted by Crippen LogP contribution is -2.11. The Labute approximate surface area is 148 Å². The Balaban J connectivity index is 2.52. The standard InChI is InChI=1S/C19H12O7/c1-25-18(23)15-7-11(3-5-13(15)9-20)17(22)12-4-6-14(10-21)16(8-12)19(24)26-2/h3-8H,1-2H3. The second-order valence-electron chi connectivity index (χ2n) is 5.04. The van der Waals surface area contributed by atoms with Gasteiger partial charge in [-0.2, -0.15) is 0 Å². The van der Waals surface area contributed by atoms with E-state index in [0.717, 1.165) is 14.2 Å². The van der Waals surface area contributed by atoms with Crippen molar-refractivity contribution < 1.29 is 33.4 Å². The van der Waals surface area contributed by atoms with Gasteiger partial charge >= 0.3 is 11.9 Å². The maximum Gasteiger partial charge on any atom is 0.338 e. The van der Waals surface area contributed by atoms with Gasteiger partial charge in [0.2, 0.25) is 12.6 Å². The normalized spacial score (nSPS) is 9.92. The number of hydrogen-bond donors (Lipinski definition) is 0. The van der Waals surface area contributed by atoms with E-state index in [-0.39, 0.29) is 33.4 Å². The first-order valence-electron chi connectivity index (χ1n) is 7.22. The van der Waals surface area contributed by atoms with Crippen LogP contribution >= 0.6 is 0 Å². The number of carbonyl (C=O) groups excluding carboxylic acids is 5. The van der Waals surface area contributed by atoms with E-state index in [1.807, 2.05) is 0 Å². The smallest absolute Gasteiger partial charge is 0.338 e. The van der Waals surface area contributed by atoms with E-state index in [9.17, 15) is 24.0 Å². The Morgan fingerprint density at radius 3 is 1.42 bits per heavy atom. The summed E-state index contributed by atoms with van der Waals surface area (Å²) >= 11 is 0. The van der Waals surface area contributed by atoms with Gasteiger partial charge in [0.25, 0.3) is 0 Å². The minimum absolute atomic E-state index is 0.0467. The van der Waals surface area contributed by atoms with Crippen LogP contribution in [0.3, 0.4) is 0 Å². The zero-order chi connectivity index (χ0) is 19.3. The van der Waals surface area contributed by atoms with Gasteiger partial charge in [0, 0.05) is 22.3 Å². The lowest BCUT2D eigenvalue weighted by atomic mass is 9.96. The number of carbonyl (C=O) groups is 3. The highest BCUT2D eigenvalue weighted by Crippen LogP contribution is 2.18. The van der Waals surface area contributed by atoms with Crippen LogP contribution in [0, 0.1) is 0 Å². The zero-order valence-electron chi connectivity index (χ0n) is 13.8. The molecule has 130 valence electrons. The van der Waals surface area contributed by atoms with Gasteiger partial charge < -0.3 is 9.47 Å². The van der Waals surface area contributed by atoms with Gasteiger partial charge in [-0.05, 0) is 24.3 Å². The van der Waals surface area contributed by atoms with E-state index in [0.29, 0.717) is 0 Å². The zero-order valence-corrected chi connectivity index (χ0v) is 13.8. The molecule has 0 heterocycles.